The fourth-order valence-corrected chi connectivity index (χ4v) is 3.03. The van der Waals surface area contributed by atoms with Crippen molar-refractivity contribution >= 4 is 34.0 Å². The quantitative estimate of drug-likeness (QED) is 0.602. The van der Waals surface area contributed by atoms with Crippen LogP contribution in [0.1, 0.15) is 21.9 Å². The van der Waals surface area contributed by atoms with Crippen LogP contribution in [0.15, 0.2) is 48.8 Å². The number of aromatic nitrogens is 3. The van der Waals surface area contributed by atoms with Gasteiger partial charge in [-0.2, -0.15) is 0 Å². The van der Waals surface area contributed by atoms with Crippen molar-refractivity contribution in [3.8, 4) is 0 Å². The van der Waals surface area contributed by atoms with Gasteiger partial charge in [-0.05, 0) is 35.9 Å². The van der Waals surface area contributed by atoms with Gasteiger partial charge in [0.05, 0.1) is 11.2 Å². The summed E-state index contributed by atoms with van der Waals surface area (Å²) < 4.78 is 1.60. The molecular weight excluding hydrogens is 314 g/mol. The van der Waals surface area contributed by atoms with Gasteiger partial charge in [0, 0.05) is 34.7 Å². The number of halogens is 1. The monoisotopic (exact) mass is 325 g/mol. The zero-order chi connectivity index (χ0) is 16.0. The average molecular weight is 326 g/mol. The maximum absolute atomic E-state index is 11.4. The van der Waals surface area contributed by atoms with Gasteiger partial charge in [-0.1, -0.05) is 17.7 Å². The number of nitrogens with one attached hydrogen (secondary N) is 1. The summed E-state index contributed by atoms with van der Waals surface area (Å²) in [6.45, 7) is 0. The highest BCUT2D eigenvalue weighted by Gasteiger charge is 2.17. The second kappa shape index (κ2) is 5.14. The van der Waals surface area contributed by atoms with Crippen LogP contribution in [0.2, 0.25) is 5.02 Å². The number of nitrogens with zero attached hydrogens (tertiary/aromatic N) is 2. The SMILES string of the molecule is O=C(O)c1nc(Cc2c[nH]c3ccc(Cl)cc23)c2ccccn12. The molecule has 0 fully saturated rings. The van der Waals surface area contributed by atoms with Crippen molar-refractivity contribution in [2.24, 2.45) is 0 Å². The van der Waals surface area contributed by atoms with Crippen LogP contribution in [-0.4, -0.2) is 25.4 Å². The molecular formula is C17H12ClN3O2. The van der Waals surface area contributed by atoms with Gasteiger partial charge >= 0.3 is 5.97 Å². The van der Waals surface area contributed by atoms with Crippen LogP contribution in [0.25, 0.3) is 16.4 Å². The van der Waals surface area contributed by atoms with E-state index in [2.05, 4.69) is 9.97 Å². The lowest BCUT2D eigenvalue weighted by Crippen LogP contribution is -2.02. The van der Waals surface area contributed by atoms with E-state index in [1.807, 2.05) is 36.5 Å². The van der Waals surface area contributed by atoms with Gasteiger partial charge in [-0.15, -0.1) is 0 Å². The number of imidazole rings is 1. The number of H-pyrrole nitrogens is 1. The molecule has 1 aromatic carbocycles. The van der Waals surface area contributed by atoms with Crippen LogP contribution in [-0.2, 0) is 6.42 Å². The number of aromatic carboxylic acids is 1. The molecule has 0 bridgehead atoms. The van der Waals surface area contributed by atoms with E-state index in [0.717, 1.165) is 27.7 Å². The first-order valence-electron chi connectivity index (χ1n) is 7.08. The molecule has 0 spiro atoms. The van der Waals surface area contributed by atoms with Gasteiger partial charge < -0.3 is 10.1 Å². The lowest BCUT2D eigenvalue weighted by atomic mass is 10.1. The molecule has 0 aliphatic heterocycles. The molecule has 0 aliphatic carbocycles. The van der Waals surface area contributed by atoms with Crippen LogP contribution in [0.3, 0.4) is 0 Å². The molecule has 0 saturated carbocycles. The minimum absolute atomic E-state index is 0.0217. The maximum atomic E-state index is 11.4. The fraction of sp³-hybridized carbons (Fsp3) is 0.0588. The molecule has 3 aromatic heterocycles. The van der Waals surface area contributed by atoms with Crippen molar-refractivity contribution in [2.75, 3.05) is 0 Å². The van der Waals surface area contributed by atoms with Gasteiger partial charge in [0.2, 0.25) is 5.82 Å². The summed E-state index contributed by atoms with van der Waals surface area (Å²) in [6, 6.07) is 11.2. The molecule has 3 heterocycles. The molecule has 23 heavy (non-hydrogen) atoms. The largest absolute Gasteiger partial charge is 0.475 e. The summed E-state index contributed by atoms with van der Waals surface area (Å²) in [7, 11) is 0. The first-order chi connectivity index (χ1) is 11.1. The molecule has 0 unspecified atom stereocenters. The van der Waals surface area contributed by atoms with E-state index in [0.29, 0.717) is 11.4 Å². The second-order valence-corrected chi connectivity index (χ2v) is 5.76. The van der Waals surface area contributed by atoms with E-state index in [1.165, 1.54) is 0 Å². The third-order valence-corrected chi connectivity index (χ3v) is 4.14. The smallest absolute Gasteiger partial charge is 0.372 e. The number of carbonyl (C=O) groups is 1. The van der Waals surface area contributed by atoms with E-state index in [1.54, 1.807) is 16.7 Å². The van der Waals surface area contributed by atoms with Crippen LogP contribution in [0.5, 0.6) is 0 Å². The Morgan fingerprint density at radius 2 is 2.17 bits per heavy atom. The van der Waals surface area contributed by atoms with Crippen molar-refractivity contribution in [2.45, 2.75) is 6.42 Å². The Bertz CT molecular complexity index is 1050. The molecule has 5 nitrogen and oxygen atoms in total. The topological polar surface area (TPSA) is 70.4 Å². The van der Waals surface area contributed by atoms with Gasteiger partial charge in [0.1, 0.15) is 0 Å². The van der Waals surface area contributed by atoms with Crippen LogP contribution >= 0.6 is 11.6 Å². The highest BCUT2D eigenvalue weighted by molar-refractivity contribution is 6.31. The second-order valence-electron chi connectivity index (χ2n) is 5.32. The standard InChI is InChI=1S/C17H12ClN3O2/c18-11-4-5-13-12(8-11)10(9-19-13)7-14-15-3-1-2-6-21(15)16(20-14)17(22)23/h1-6,8-9,19H,7H2,(H,22,23). The third kappa shape index (κ3) is 2.26. The van der Waals surface area contributed by atoms with Crippen LogP contribution in [0, 0.1) is 0 Å². The molecule has 114 valence electrons. The van der Waals surface area contributed by atoms with Crippen molar-refractivity contribution in [3.63, 3.8) is 0 Å². The Kier molecular flexibility index (Phi) is 3.09. The van der Waals surface area contributed by atoms with Crippen molar-refractivity contribution < 1.29 is 9.90 Å². The lowest BCUT2D eigenvalue weighted by molar-refractivity contribution is 0.0682. The summed E-state index contributed by atoms with van der Waals surface area (Å²) in [6.07, 6.45) is 4.15. The number of carboxylic acids is 1. The molecule has 0 saturated heterocycles. The van der Waals surface area contributed by atoms with Gasteiger partial charge in [-0.25, -0.2) is 9.78 Å². The van der Waals surface area contributed by atoms with Crippen molar-refractivity contribution in [1.82, 2.24) is 14.4 Å². The predicted octanol–water partition coefficient (Wildman–Crippen LogP) is 3.76. The number of pyridine rings is 1. The van der Waals surface area contributed by atoms with E-state index in [-0.39, 0.29) is 5.82 Å². The molecule has 2 N–H and O–H groups in total. The first kappa shape index (κ1) is 13.8. The third-order valence-electron chi connectivity index (χ3n) is 3.90. The van der Waals surface area contributed by atoms with Gasteiger partial charge in [0.15, 0.2) is 0 Å². The van der Waals surface area contributed by atoms with Gasteiger partial charge in [-0.3, -0.25) is 4.40 Å². The number of hydrogen-bond acceptors (Lipinski definition) is 2. The van der Waals surface area contributed by atoms with Crippen molar-refractivity contribution in [1.29, 1.82) is 0 Å². The van der Waals surface area contributed by atoms with Crippen LogP contribution in [0.4, 0.5) is 0 Å². The Hall–Kier alpha value is -2.79. The summed E-state index contributed by atoms with van der Waals surface area (Å²) in [4.78, 5) is 18.9. The number of hydrogen-bond donors (Lipinski definition) is 2. The highest BCUT2D eigenvalue weighted by atomic mass is 35.5. The van der Waals surface area contributed by atoms with E-state index in [9.17, 15) is 9.90 Å². The highest BCUT2D eigenvalue weighted by Crippen LogP contribution is 2.25. The Morgan fingerprint density at radius 1 is 1.30 bits per heavy atom. The number of carboxylic acid groups (broad SMARTS) is 1. The number of aromatic amines is 1. The summed E-state index contributed by atoms with van der Waals surface area (Å²) >= 11 is 6.08. The molecule has 0 atom stereocenters. The van der Waals surface area contributed by atoms with Gasteiger partial charge in [0.25, 0.3) is 0 Å². The minimum Gasteiger partial charge on any atom is -0.475 e. The maximum Gasteiger partial charge on any atom is 0.372 e. The first-order valence-corrected chi connectivity index (χ1v) is 7.46. The van der Waals surface area contributed by atoms with E-state index in [4.69, 9.17) is 11.6 Å². The Morgan fingerprint density at radius 3 is 3.00 bits per heavy atom. The summed E-state index contributed by atoms with van der Waals surface area (Å²) in [5.74, 6) is -1.02. The fourth-order valence-electron chi connectivity index (χ4n) is 2.86. The number of rotatable bonds is 3. The van der Waals surface area contributed by atoms with Crippen LogP contribution < -0.4 is 0 Å². The Balaban J connectivity index is 1.86. The zero-order valence-corrected chi connectivity index (χ0v) is 12.7. The number of fused-ring (bicyclic) bond motifs is 2. The molecule has 4 rings (SSSR count). The lowest BCUT2D eigenvalue weighted by Gasteiger charge is -1.99. The molecule has 4 aromatic rings. The van der Waals surface area contributed by atoms with Crippen molar-refractivity contribution in [3.05, 3.63) is 70.9 Å². The van der Waals surface area contributed by atoms with E-state index < -0.39 is 5.97 Å². The predicted molar refractivity (Wildman–Crippen MR) is 88.3 cm³/mol. The Labute approximate surface area is 136 Å². The zero-order valence-electron chi connectivity index (χ0n) is 12.0. The van der Waals surface area contributed by atoms with E-state index >= 15 is 0 Å². The molecule has 6 heteroatoms. The summed E-state index contributed by atoms with van der Waals surface area (Å²) in [5.41, 5.74) is 3.54. The normalized spacial score (nSPS) is 11.3. The average Bonchev–Trinajstić information content (AvgIpc) is 3.10. The summed E-state index contributed by atoms with van der Waals surface area (Å²) in [5, 5.41) is 11.0. The molecule has 0 radical (unpaired) electrons. The number of benzene rings is 1. The molecule has 0 aliphatic rings. The minimum atomic E-state index is -1.04. The molecule has 0 amide bonds.